The molecule has 1 unspecified atom stereocenters. The monoisotopic (exact) mass is 488 g/mol. The lowest BCUT2D eigenvalue weighted by atomic mass is 10.2. The molecule has 2 N–H and O–H groups in total. The molecule has 5 nitrogen and oxygen atoms in total. The Labute approximate surface area is 207 Å². The average molecular weight is 489 g/mol. The number of carbonyl (C=O) groups excluding carboxylic acids is 2. The third kappa shape index (κ3) is 6.50. The van der Waals surface area contributed by atoms with E-state index in [9.17, 15) is 9.59 Å². The minimum Gasteiger partial charge on any atom is -0.457 e. The largest absolute Gasteiger partial charge is 0.457 e. The van der Waals surface area contributed by atoms with E-state index < -0.39 is 0 Å². The van der Waals surface area contributed by atoms with E-state index in [4.69, 9.17) is 4.74 Å². The Hall–Kier alpha value is -3.55. The first-order chi connectivity index (χ1) is 16.6. The number of amides is 2. The normalized spacial score (nSPS) is 11.4. The highest BCUT2D eigenvalue weighted by Gasteiger charge is 2.18. The van der Waals surface area contributed by atoms with Crippen LogP contribution in [0.1, 0.15) is 23.0 Å². The zero-order valence-electron chi connectivity index (χ0n) is 18.6. The molecule has 1 heterocycles. The second-order valence-electron chi connectivity index (χ2n) is 7.40. The molecule has 0 saturated heterocycles. The fourth-order valence-corrected chi connectivity index (χ4v) is 4.82. The zero-order chi connectivity index (χ0) is 23.8. The zero-order valence-corrected chi connectivity index (χ0v) is 20.2. The van der Waals surface area contributed by atoms with Crippen molar-refractivity contribution < 1.29 is 14.3 Å². The number of nitrogens with one attached hydrogen (secondary N) is 2. The van der Waals surface area contributed by atoms with Gasteiger partial charge in [-0.3, -0.25) is 9.59 Å². The molecule has 0 aliphatic carbocycles. The molecule has 4 rings (SSSR count). The van der Waals surface area contributed by atoms with Crippen LogP contribution in [0.3, 0.4) is 0 Å². The standard InChI is InChI=1S/C27H24N2O3S2/c1-2-24(34-23-11-6-8-20(18-23)29-27(31)25-12-7-17-33-25)26(30)28-19-13-15-22(16-14-19)32-21-9-4-3-5-10-21/h3-18,24H,2H2,1H3,(H,28,30)(H,29,31). The molecular formula is C27H24N2O3S2. The summed E-state index contributed by atoms with van der Waals surface area (Å²) in [7, 11) is 0. The smallest absolute Gasteiger partial charge is 0.265 e. The van der Waals surface area contributed by atoms with Gasteiger partial charge in [-0.1, -0.05) is 37.3 Å². The van der Waals surface area contributed by atoms with Crippen molar-refractivity contribution >= 4 is 46.3 Å². The van der Waals surface area contributed by atoms with Gasteiger partial charge in [-0.15, -0.1) is 23.1 Å². The van der Waals surface area contributed by atoms with E-state index in [1.54, 1.807) is 6.07 Å². The first-order valence-corrected chi connectivity index (χ1v) is 12.6. The molecule has 0 aliphatic rings. The minimum absolute atomic E-state index is 0.0720. The van der Waals surface area contributed by atoms with Crippen molar-refractivity contribution in [2.45, 2.75) is 23.5 Å². The van der Waals surface area contributed by atoms with Gasteiger partial charge in [0.05, 0.1) is 10.1 Å². The Kier molecular flexibility index (Phi) is 8.01. The Bertz CT molecular complexity index is 1230. The van der Waals surface area contributed by atoms with Gasteiger partial charge in [0.2, 0.25) is 5.91 Å². The molecule has 0 fully saturated rings. The average Bonchev–Trinajstić information content (AvgIpc) is 3.40. The van der Waals surface area contributed by atoms with Crippen LogP contribution in [0.2, 0.25) is 0 Å². The van der Waals surface area contributed by atoms with E-state index in [1.165, 1.54) is 23.1 Å². The van der Waals surface area contributed by atoms with Crippen LogP contribution >= 0.6 is 23.1 Å². The minimum atomic E-state index is -0.275. The van der Waals surface area contributed by atoms with Gasteiger partial charge >= 0.3 is 0 Å². The SMILES string of the molecule is CCC(Sc1cccc(NC(=O)c2cccs2)c1)C(=O)Nc1ccc(Oc2ccccc2)cc1. The molecule has 7 heteroatoms. The Morgan fingerprint density at radius 1 is 0.853 bits per heavy atom. The van der Waals surface area contributed by atoms with Crippen molar-refractivity contribution in [2.75, 3.05) is 10.6 Å². The van der Waals surface area contributed by atoms with Crippen molar-refractivity contribution in [3.8, 4) is 11.5 Å². The van der Waals surface area contributed by atoms with Crippen LogP contribution in [-0.4, -0.2) is 17.1 Å². The predicted molar refractivity (Wildman–Crippen MR) is 140 cm³/mol. The third-order valence-electron chi connectivity index (χ3n) is 4.88. The van der Waals surface area contributed by atoms with Crippen molar-refractivity contribution in [3.05, 3.63) is 101 Å². The highest BCUT2D eigenvalue weighted by molar-refractivity contribution is 8.00. The number of anilines is 2. The summed E-state index contributed by atoms with van der Waals surface area (Å²) < 4.78 is 5.80. The number of rotatable bonds is 9. The summed E-state index contributed by atoms with van der Waals surface area (Å²) in [5, 5.41) is 7.50. The summed E-state index contributed by atoms with van der Waals surface area (Å²) in [5.74, 6) is 1.25. The highest BCUT2D eigenvalue weighted by atomic mass is 32.2. The molecule has 0 aliphatic heterocycles. The lowest BCUT2D eigenvalue weighted by Crippen LogP contribution is -2.24. The molecule has 1 aromatic heterocycles. The number of para-hydroxylation sites is 1. The topological polar surface area (TPSA) is 67.4 Å². The molecule has 0 spiro atoms. The van der Waals surface area contributed by atoms with E-state index in [0.29, 0.717) is 28.4 Å². The first-order valence-electron chi connectivity index (χ1n) is 10.9. The molecule has 0 radical (unpaired) electrons. The van der Waals surface area contributed by atoms with Gasteiger partial charge in [-0.25, -0.2) is 0 Å². The van der Waals surface area contributed by atoms with Crippen LogP contribution in [0, 0.1) is 0 Å². The fourth-order valence-electron chi connectivity index (χ4n) is 3.19. The fraction of sp³-hybridized carbons (Fsp3) is 0.111. The van der Waals surface area contributed by atoms with Crippen LogP contribution < -0.4 is 15.4 Å². The van der Waals surface area contributed by atoms with Crippen LogP contribution in [0.4, 0.5) is 11.4 Å². The predicted octanol–water partition coefficient (Wildman–Crippen LogP) is 7.30. The number of thioether (sulfide) groups is 1. The van der Waals surface area contributed by atoms with Gasteiger partial charge in [0.15, 0.2) is 0 Å². The van der Waals surface area contributed by atoms with E-state index in [1.807, 2.05) is 97.2 Å². The lowest BCUT2D eigenvalue weighted by Gasteiger charge is -2.16. The van der Waals surface area contributed by atoms with E-state index >= 15 is 0 Å². The van der Waals surface area contributed by atoms with Crippen LogP contribution in [0.25, 0.3) is 0 Å². The number of carbonyl (C=O) groups is 2. The first kappa shape index (κ1) is 23.6. The van der Waals surface area contributed by atoms with E-state index in [2.05, 4.69) is 10.6 Å². The molecule has 4 aromatic rings. The molecule has 3 aromatic carbocycles. The summed E-state index contributed by atoms with van der Waals surface area (Å²) in [5.41, 5.74) is 1.41. The maximum atomic E-state index is 12.9. The number of hydrogen-bond acceptors (Lipinski definition) is 5. The van der Waals surface area contributed by atoms with Gasteiger partial charge in [0.1, 0.15) is 11.5 Å². The lowest BCUT2D eigenvalue weighted by molar-refractivity contribution is -0.115. The highest BCUT2D eigenvalue weighted by Crippen LogP contribution is 2.29. The van der Waals surface area contributed by atoms with Gasteiger partial charge < -0.3 is 15.4 Å². The maximum absolute atomic E-state index is 12.9. The number of benzene rings is 3. The number of hydrogen-bond donors (Lipinski definition) is 2. The quantitative estimate of drug-likeness (QED) is 0.243. The van der Waals surface area contributed by atoms with Gasteiger partial charge in [0, 0.05) is 16.3 Å². The van der Waals surface area contributed by atoms with E-state index in [0.717, 1.165) is 10.6 Å². The molecular weight excluding hydrogens is 464 g/mol. The van der Waals surface area contributed by atoms with Crippen LogP contribution in [-0.2, 0) is 4.79 Å². The van der Waals surface area contributed by atoms with Crippen molar-refractivity contribution in [1.82, 2.24) is 0 Å². The number of thiophene rings is 1. The van der Waals surface area contributed by atoms with Crippen molar-refractivity contribution in [3.63, 3.8) is 0 Å². The molecule has 2 amide bonds. The summed E-state index contributed by atoms with van der Waals surface area (Å²) in [6, 6.07) is 28.1. The molecule has 34 heavy (non-hydrogen) atoms. The number of ether oxygens (including phenoxy) is 1. The Morgan fingerprint density at radius 2 is 1.62 bits per heavy atom. The summed E-state index contributed by atoms with van der Waals surface area (Å²) >= 11 is 2.87. The van der Waals surface area contributed by atoms with E-state index in [-0.39, 0.29) is 17.1 Å². The maximum Gasteiger partial charge on any atom is 0.265 e. The summed E-state index contributed by atoms with van der Waals surface area (Å²) in [4.78, 5) is 26.8. The Morgan fingerprint density at radius 3 is 2.32 bits per heavy atom. The summed E-state index contributed by atoms with van der Waals surface area (Å²) in [6.45, 7) is 1.98. The van der Waals surface area contributed by atoms with Crippen LogP contribution in [0.15, 0.2) is 101 Å². The molecule has 1 atom stereocenters. The summed E-state index contributed by atoms with van der Waals surface area (Å²) in [6.07, 6.45) is 0.664. The Balaban J connectivity index is 1.35. The molecule has 0 bridgehead atoms. The van der Waals surface area contributed by atoms with Crippen LogP contribution in [0.5, 0.6) is 11.5 Å². The van der Waals surface area contributed by atoms with Gasteiger partial charge in [0.25, 0.3) is 5.91 Å². The second-order valence-corrected chi connectivity index (χ2v) is 9.63. The molecule has 172 valence electrons. The van der Waals surface area contributed by atoms with Gasteiger partial charge in [-0.05, 0) is 72.5 Å². The third-order valence-corrected chi connectivity index (χ3v) is 7.11. The van der Waals surface area contributed by atoms with Crippen molar-refractivity contribution in [2.24, 2.45) is 0 Å². The second kappa shape index (κ2) is 11.5. The van der Waals surface area contributed by atoms with Gasteiger partial charge in [-0.2, -0.15) is 0 Å². The molecule has 0 saturated carbocycles. The van der Waals surface area contributed by atoms with Crippen molar-refractivity contribution in [1.29, 1.82) is 0 Å².